The summed E-state index contributed by atoms with van der Waals surface area (Å²) in [5.41, 5.74) is 4.19. The first-order valence-corrected chi connectivity index (χ1v) is 6.73. The third kappa shape index (κ3) is 2.24. The van der Waals surface area contributed by atoms with Crippen LogP contribution in [-0.2, 0) is 0 Å². The van der Waals surface area contributed by atoms with Gasteiger partial charge in [-0.15, -0.1) is 0 Å². The molecule has 3 heteroatoms. The van der Waals surface area contributed by atoms with Crippen molar-refractivity contribution in [3.05, 3.63) is 70.2 Å². The maximum atomic E-state index is 9.12. The maximum absolute atomic E-state index is 9.12. The second kappa shape index (κ2) is 5.06. The van der Waals surface area contributed by atoms with Gasteiger partial charge in [0.2, 0.25) is 0 Å². The molecular weight excluding hydrogens is 258 g/mol. The minimum atomic E-state index is 0.320. The number of fused-ring (bicyclic) bond motifs is 1. The highest BCUT2D eigenvalue weighted by Crippen LogP contribution is 2.37. The molecule has 0 radical (unpaired) electrons. The Labute approximate surface area is 117 Å². The molecule has 3 rings (SSSR count). The van der Waals surface area contributed by atoms with Gasteiger partial charge < -0.3 is 5.21 Å². The quantitative estimate of drug-likeness (QED) is 0.603. The van der Waals surface area contributed by atoms with Crippen LogP contribution in [0, 0.1) is 0 Å². The number of halogens is 1. The van der Waals surface area contributed by atoms with Crippen molar-refractivity contribution in [3.8, 4) is 0 Å². The minimum Gasteiger partial charge on any atom is -0.411 e. The average molecular weight is 272 g/mol. The monoisotopic (exact) mass is 271 g/mol. The molecule has 2 aromatic rings. The zero-order valence-corrected chi connectivity index (χ0v) is 11.1. The number of hydrogen-bond acceptors (Lipinski definition) is 2. The van der Waals surface area contributed by atoms with E-state index >= 15 is 0 Å². The summed E-state index contributed by atoms with van der Waals surface area (Å²) >= 11 is 6.12. The van der Waals surface area contributed by atoms with Crippen LogP contribution in [0.2, 0.25) is 5.02 Å². The van der Waals surface area contributed by atoms with Gasteiger partial charge in [-0.05, 0) is 36.1 Å². The van der Waals surface area contributed by atoms with Crippen LogP contribution in [0.4, 0.5) is 0 Å². The summed E-state index contributed by atoms with van der Waals surface area (Å²) in [7, 11) is 0. The number of nitrogens with zero attached hydrogens (tertiary/aromatic N) is 1. The topological polar surface area (TPSA) is 32.6 Å². The lowest BCUT2D eigenvalue weighted by molar-refractivity contribution is 0.317. The predicted octanol–water partition coefficient (Wildman–Crippen LogP) is 4.44. The molecule has 1 aliphatic rings. The van der Waals surface area contributed by atoms with E-state index in [-0.39, 0.29) is 0 Å². The Morgan fingerprint density at radius 1 is 1.11 bits per heavy atom. The van der Waals surface area contributed by atoms with E-state index in [0.717, 1.165) is 34.7 Å². The van der Waals surface area contributed by atoms with Crippen molar-refractivity contribution in [2.45, 2.75) is 18.8 Å². The van der Waals surface area contributed by atoms with E-state index in [1.807, 2.05) is 24.3 Å². The molecule has 0 bridgehead atoms. The first kappa shape index (κ1) is 12.2. The van der Waals surface area contributed by atoms with E-state index in [2.05, 4.69) is 29.4 Å². The van der Waals surface area contributed by atoms with Crippen LogP contribution in [0.5, 0.6) is 0 Å². The van der Waals surface area contributed by atoms with E-state index < -0.39 is 0 Å². The van der Waals surface area contributed by atoms with Gasteiger partial charge in [0.05, 0.1) is 5.71 Å². The van der Waals surface area contributed by atoms with Gasteiger partial charge in [-0.1, -0.05) is 53.2 Å². The van der Waals surface area contributed by atoms with E-state index in [9.17, 15) is 0 Å². The molecule has 19 heavy (non-hydrogen) atoms. The highest BCUT2D eigenvalue weighted by molar-refractivity contribution is 6.30. The molecular formula is C16H14ClNO. The van der Waals surface area contributed by atoms with Crippen LogP contribution in [0.25, 0.3) is 0 Å². The summed E-state index contributed by atoms with van der Waals surface area (Å²) < 4.78 is 0. The van der Waals surface area contributed by atoms with Crippen molar-refractivity contribution in [2.24, 2.45) is 5.16 Å². The smallest absolute Gasteiger partial charge is 0.0871 e. The van der Waals surface area contributed by atoms with Crippen molar-refractivity contribution in [2.75, 3.05) is 0 Å². The fourth-order valence-corrected chi connectivity index (χ4v) is 2.97. The molecule has 0 amide bonds. The number of benzene rings is 2. The zero-order valence-electron chi connectivity index (χ0n) is 10.4. The van der Waals surface area contributed by atoms with E-state index in [0.29, 0.717) is 5.92 Å². The molecule has 0 saturated carbocycles. The maximum Gasteiger partial charge on any atom is 0.0871 e. The van der Waals surface area contributed by atoms with Gasteiger partial charge in [0.15, 0.2) is 0 Å². The fourth-order valence-electron chi connectivity index (χ4n) is 2.79. The van der Waals surface area contributed by atoms with Crippen molar-refractivity contribution in [3.63, 3.8) is 0 Å². The Hall–Kier alpha value is -1.80. The molecule has 0 aliphatic heterocycles. The molecule has 0 heterocycles. The first-order valence-electron chi connectivity index (χ1n) is 6.35. The molecule has 0 spiro atoms. The van der Waals surface area contributed by atoms with Gasteiger partial charge in [0.25, 0.3) is 0 Å². The Morgan fingerprint density at radius 3 is 2.63 bits per heavy atom. The molecule has 96 valence electrons. The largest absolute Gasteiger partial charge is 0.411 e. The van der Waals surface area contributed by atoms with Crippen LogP contribution in [-0.4, -0.2) is 10.9 Å². The van der Waals surface area contributed by atoms with E-state index in [1.54, 1.807) is 0 Å². The minimum absolute atomic E-state index is 0.320. The summed E-state index contributed by atoms with van der Waals surface area (Å²) in [6.45, 7) is 0. The standard InChI is InChI=1S/C16H14ClNO/c17-12-6-7-14-15(10-12)13(8-9-16(14)18-19)11-4-2-1-3-5-11/h1-7,10,13,19H,8-9H2. The molecule has 2 aromatic carbocycles. The van der Waals surface area contributed by atoms with Crippen molar-refractivity contribution in [1.29, 1.82) is 0 Å². The predicted molar refractivity (Wildman–Crippen MR) is 77.3 cm³/mol. The lowest BCUT2D eigenvalue weighted by atomic mass is 9.78. The zero-order chi connectivity index (χ0) is 13.2. The summed E-state index contributed by atoms with van der Waals surface area (Å²) in [4.78, 5) is 0. The first-order chi connectivity index (χ1) is 9.29. The lowest BCUT2D eigenvalue weighted by Crippen LogP contribution is -2.17. The average Bonchev–Trinajstić information content (AvgIpc) is 2.46. The number of rotatable bonds is 1. The molecule has 2 nitrogen and oxygen atoms in total. The van der Waals surface area contributed by atoms with Gasteiger partial charge in [-0.3, -0.25) is 0 Å². The van der Waals surface area contributed by atoms with Crippen LogP contribution in [0.1, 0.15) is 35.4 Å². The Bertz CT molecular complexity index is 622. The second-order valence-corrected chi connectivity index (χ2v) is 5.22. The fraction of sp³-hybridized carbons (Fsp3) is 0.188. The van der Waals surface area contributed by atoms with Gasteiger partial charge in [0, 0.05) is 16.5 Å². The third-order valence-corrected chi connectivity index (χ3v) is 3.93. The summed E-state index contributed by atoms with van der Waals surface area (Å²) in [6, 6.07) is 16.2. The highest BCUT2D eigenvalue weighted by Gasteiger charge is 2.26. The number of hydrogen-bond donors (Lipinski definition) is 1. The molecule has 0 saturated heterocycles. The third-order valence-electron chi connectivity index (χ3n) is 3.69. The molecule has 1 atom stereocenters. The molecule has 1 unspecified atom stereocenters. The SMILES string of the molecule is ON=C1CCC(c2ccccc2)c2cc(Cl)ccc21. The highest BCUT2D eigenvalue weighted by atomic mass is 35.5. The van der Waals surface area contributed by atoms with Gasteiger partial charge >= 0.3 is 0 Å². The summed E-state index contributed by atoms with van der Waals surface area (Å²) in [5, 5.41) is 13.3. The molecule has 0 fully saturated rings. The van der Waals surface area contributed by atoms with Crippen LogP contribution in [0.15, 0.2) is 53.7 Å². The number of oxime groups is 1. The lowest BCUT2D eigenvalue weighted by Gasteiger charge is -2.26. The van der Waals surface area contributed by atoms with Crippen molar-refractivity contribution < 1.29 is 5.21 Å². The Morgan fingerprint density at radius 2 is 1.89 bits per heavy atom. The Balaban J connectivity index is 2.13. The molecule has 1 aliphatic carbocycles. The van der Waals surface area contributed by atoms with Gasteiger partial charge in [-0.2, -0.15) is 0 Å². The van der Waals surface area contributed by atoms with Crippen molar-refractivity contribution in [1.82, 2.24) is 0 Å². The molecule has 1 N–H and O–H groups in total. The summed E-state index contributed by atoms with van der Waals surface area (Å²) in [6.07, 6.45) is 1.72. The van der Waals surface area contributed by atoms with E-state index in [4.69, 9.17) is 16.8 Å². The Kier molecular flexibility index (Phi) is 3.26. The van der Waals surface area contributed by atoms with E-state index in [1.165, 1.54) is 5.56 Å². The van der Waals surface area contributed by atoms with Crippen molar-refractivity contribution >= 4 is 17.3 Å². The van der Waals surface area contributed by atoms with Gasteiger partial charge in [0.1, 0.15) is 0 Å². The second-order valence-electron chi connectivity index (χ2n) is 4.78. The van der Waals surface area contributed by atoms with Gasteiger partial charge in [-0.25, -0.2) is 0 Å². The summed E-state index contributed by atoms with van der Waals surface area (Å²) in [5.74, 6) is 0.320. The normalized spacial score (nSPS) is 20.3. The van der Waals surface area contributed by atoms with Crippen LogP contribution >= 0.6 is 11.6 Å². The van der Waals surface area contributed by atoms with Crippen LogP contribution in [0.3, 0.4) is 0 Å². The molecule has 0 aromatic heterocycles. The van der Waals surface area contributed by atoms with Crippen LogP contribution < -0.4 is 0 Å².